The lowest BCUT2D eigenvalue weighted by molar-refractivity contribution is -0.173. The molecule has 1 saturated heterocycles. The number of alkyl halides is 3. The number of rotatable bonds is 23. The van der Waals surface area contributed by atoms with Gasteiger partial charge < -0.3 is 33.3 Å². The van der Waals surface area contributed by atoms with Gasteiger partial charge in [-0.3, -0.25) is 19.1 Å². The lowest BCUT2D eigenvalue weighted by atomic mass is 9.80. The fourth-order valence-corrected chi connectivity index (χ4v) is 10.7. The van der Waals surface area contributed by atoms with Gasteiger partial charge in [0.25, 0.3) is 14.1 Å². The molecule has 0 radical (unpaired) electrons. The fourth-order valence-electron chi connectivity index (χ4n) is 7.43. The Morgan fingerprint density at radius 2 is 1.52 bits per heavy atom. The number of aromatic amines is 1. The van der Waals surface area contributed by atoms with Crippen LogP contribution in [0.5, 0.6) is 11.5 Å². The summed E-state index contributed by atoms with van der Waals surface area (Å²) in [6, 6.07) is 27.9. The number of carbonyl (C=O) groups excluding carboxylic acids is 1. The van der Waals surface area contributed by atoms with Crippen LogP contribution in [0.25, 0.3) is 0 Å². The van der Waals surface area contributed by atoms with E-state index in [4.69, 9.17) is 28.0 Å². The van der Waals surface area contributed by atoms with Gasteiger partial charge in [-0.25, -0.2) is 9.46 Å². The van der Waals surface area contributed by atoms with Crippen molar-refractivity contribution in [2.24, 2.45) is 0 Å². The van der Waals surface area contributed by atoms with Gasteiger partial charge >= 0.3 is 17.8 Å². The van der Waals surface area contributed by atoms with Crippen molar-refractivity contribution in [3.8, 4) is 17.6 Å². The molecule has 1 amide bonds. The van der Waals surface area contributed by atoms with E-state index in [-0.39, 0.29) is 44.7 Å². The molecule has 5 rings (SSSR count). The van der Waals surface area contributed by atoms with Crippen LogP contribution >= 0.6 is 20.3 Å². The van der Waals surface area contributed by atoms with Gasteiger partial charge in [0.15, 0.2) is 6.23 Å². The molecule has 1 aromatic heterocycles. The summed E-state index contributed by atoms with van der Waals surface area (Å²) in [5.41, 5.74) is -0.324. The Balaban J connectivity index is 1.63. The molecule has 2 N–H and O–H groups in total. The number of ether oxygens (including phenoxy) is 4. The van der Waals surface area contributed by atoms with Gasteiger partial charge in [0.05, 0.1) is 45.2 Å². The molecular formula is C45H55F3N5O9PS. The van der Waals surface area contributed by atoms with Crippen molar-refractivity contribution in [3.05, 3.63) is 129 Å². The average molecular weight is 930 g/mol. The zero-order valence-electron chi connectivity index (χ0n) is 36.6. The molecule has 1 aliphatic heterocycles. The van der Waals surface area contributed by atoms with E-state index in [1.54, 1.807) is 14.2 Å². The van der Waals surface area contributed by atoms with Gasteiger partial charge in [-0.15, -0.1) is 0 Å². The van der Waals surface area contributed by atoms with E-state index in [0.717, 1.165) is 16.7 Å². The van der Waals surface area contributed by atoms with Crippen LogP contribution in [-0.2, 0) is 28.9 Å². The highest BCUT2D eigenvalue weighted by Gasteiger charge is 2.51. The predicted octanol–water partition coefficient (Wildman–Crippen LogP) is 7.68. The molecule has 0 saturated carbocycles. The summed E-state index contributed by atoms with van der Waals surface area (Å²) in [4.78, 5) is 39.6. The Morgan fingerprint density at radius 3 is 2.05 bits per heavy atom. The van der Waals surface area contributed by atoms with Gasteiger partial charge in [0.2, 0.25) is 0 Å². The van der Waals surface area contributed by atoms with Crippen molar-refractivity contribution in [1.82, 2.24) is 19.5 Å². The molecule has 1 unspecified atom stereocenters. The third-order valence-electron chi connectivity index (χ3n) is 10.3. The lowest BCUT2D eigenvalue weighted by Crippen LogP contribution is -2.42. The van der Waals surface area contributed by atoms with Crippen LogP contribution in [0, 0.1) is 11.3 Å². The number of nitrogens with zero attached hydrogens (tertiary/aromatic N) is 3. The highest BCUT2D eigenvalue weighted by molar-refractivity contribution is 8.00. The Labute approximate surface area is 376 Å². The van der Waals surface area contributed by atoms with Crippen LogP contribution in [0.4, 0.5) is 13.2 Å². The number of unbranched alkanes of at least 4 members (excludes halogenated alkanes) is 1. The van der Waals surface area contributed by atoms with Crippen LogP contribution in [-0.4, -0.2) is 95.6 Å². The van der Waals surface area contributed by atoms with E-state index in [9.17, 15) is 32.8 Å². The van der Waals surface area contributed by atoms with Crippen molar-refractivity contribution < 1.29 is 46.0 Å². The molecule has 0 spiro atoms. The number of aromatic nitrogens is 2. The third kappa shape index (κ3) is 12.5. The summed E-state index contributed by atoms with van der Waals surface area (Å²) in [5.74, 6) is -0.392. The first-order valence-electron chi connectivity index (χ1n) is 20.8. The minimum absolute atomic E-state index is 0.0725. The molecule has 2 heterocycles. The number of H-pyrrole nitrogens is 1. The lowest BCUT2D eigenvalue weighted by Gasteiger charge is -2.39. The number of methoxy groups -OCH3 is 2. The van der Waals surface area contributed by atoms with Crippen LogP contribution in [0.2, 0.25) is 0 Å². The zero-order chi connectivity index (χ0) is 46.4. The van der Waals surface area contributed by atoms with E-state index in [1.807, 2.05) is 112 Å². The first-order valence-corrected chi connectivity index (χ1v) is 23.0. The fraction of sp³-hybridized carbons (Fsp3) is 0.467. The van der Waals surface area contributed by atoms with Crippen LogP contribution < -0.4 is 26.0 Å². The second-order valence-electron chi connectivity index (χ2n) is 15.3. The van der Waals surface area contributed by atoms with E-state index in [0.29, 0.717) is 23.7 Å². The van der Waals surface area contributed by atoms with Crippen molar-refractivity contribution >= 4 is 26.2 Å². The molecule has 4 aromatic rings. The first-order chi connectivity index (χ1) is 30.6. The van der Waals surface area contributed by atoms with Crippen molar-refractivity contribution in [2.75, 3.05) is 39.7 Å². The Hall–Kier alpha value is -4.73. The number of nitrogens with one attached hydrogen (secondary N) is 2. The monoisotopic (exact) mass is 929 g/mol. The smallest absolute Gasteiger partial charge is 0.471 e. The SMILES string of the molecule is COc1ccc(C(OC[C@H]2O[C@@H](n3ccc(=O)[nH]c3=O)[C@H](SCCCCNC(=O)C(F)(F)F)[C@@H]2OP(OCCC#N)N(C(C)C)C(C)C)(c2ccccc2)c2ccc(OC)cc2)cc1. The Morgan fingerprint density at radius 1 is 0.922 bits per heavy atom. The maximum Gasteiger partial charge on any atom is 0.471 e. The summed E-state index contributed by atoms with van der Waals surface area (Å²) in [6.07, 6.45) is -5.80. The zero-order valence-corrected chi connectivity index (χ0v) is 38.3. The van der Waals surface area contributed by atoms with E-state index in [2.05, 4.69) is 15.7 Å². The summed E-state index contributed by atoms with van der Waals surface area (Å²) in [6.45, 7) is 7.75. The molecule has 3 aromatic carbocycles. The molecule has 5 atom stereocenters. The summed E-state index contributed by atoms with van der Waals surface area (Å²) >= 11 is 1.37. The summed E-state index contributed by atoms with van der Waals surface area (Å²) < 4.78 is 80.7. The molecule has 19 heteroatoms. The van der Waals surface area contributed by atoms with Crippen LogP contribution in [0.15, 0.2) is 101 Å². The van der Waals surface area contributed by atoms with E-state index in [1.165, 1.54) is 28.6 Å². The highest BCUT2D eigenvalue weighted by Crippen LogP contribution is 2.52. The number of halogens is 3. The topological polar surface area (TPSA) is 166 Å². The minimum atomic E-state index is -5.00. The molecular weight excluding hydrogens is 875 g/mol. The molecule has 0 bridgehead atoms. The normalized spacial score (nSPS) is 18.3. The standard InChI is InChI=1S/C45H55F3N5O9PS/c1-30(2)53(31(3)4)63(60-27-12-24-49)62-39-37(61-41(52-26-23-38(54)51-43(52)56)40(39)64-28-11-10-25-50-42(55)45(46,47)48)29-59-44(32-13-8-7-9-14-32,33-15-19-35(57-5)20-16-33)34-17-21-36(58-6)22-18-34/h7-9,13-23,26,30-31,37,39-41H,10-12,25,27-29H2,1-6H3,(H,50,55)(H,51,54,56)/t37-,39-,40-,41-,63?/m1/s1. The molecule has 0 aliphatic carbocycles. The van der Waals surface area contributed by atoms with Crippen LogP contribution in [0.3, 0.4) is 0 Å². The van der Waals surface area contributed by atoms with Gasteiger partial charge in [-0.2, -0.15) is 30.2 Å². The minimum Gasteiger partial charge on any atom is -0.497 e. The maximum absolute atomic E-state index is 13.5. The van der Waals surface area contributed by atoms with Crippen molar-refractivity contribution in [1.29, 1.82) is 5.26 Å². The van der Waals surface area contributed by atoms with E-state index < -0.39 is 61.1 Å². The van der Waals surface area contributed by atoms with Crippen LogP contribution in [0.1, 0.15) is 69.9 Å². The molecule has 64 heavy (non-hydrogen) atoms. The van der Waals surface area contributed by atoms with Gasteiger partial charge in [-0.05, 0) is 87.2 Å². The quantitative estimate of drug-likeness (QED) is 0.0424. The number of thioether (sulfide) groups is 1. The Kier molecular flexibility index (Phi) is 18.4. The van der Waals surface area contributed by atoms with Gasteiger partial charge in [-0.1, -0.05) is 54.6 Å². The molecule has 14 nitrogen and oxygen atoms in total. The second kappa shape index (κ2) is 23.5. The van der Waals surface area contributed by atoms with Gasteiger partial charge in [0, 0.05) is 30.9 Å². The number of amides is 1. The Bertz CT molecular complexity index is 2190. The highest BCUT2D eigenvalue weighted by atomic mass is 32.2. The van der Waals surface area contributed by atoms with Crippen molar-refractivity contribution in [2.45, 2.75) is 94.5 Å². The largest absolute Gasteiger partial charge is 0.497 e. The van der Waals surface area contributed by atoms with E-state index >= 15 is 0 Å². The number of hydrogen-bond donors (Lipinski definition) is 2. The van der Waals surface area contributed by atoms with Crippen molar-refractivity contribution in [3.63, 3.8) is 0 Å². The first kappa shape index (κ1) is 50.3. The number of benzene rings is 3. The average Bonchev–Trinajstić information content (AvgIpc) is 3.60. The summed E-state index contributed by atoms with van der Waals surface area (Å²) in [5, 5.41) is 10.7. The molecule has 346 valence electrons. The number of hydrogen-bond acceptors (Lipinski definition) is 12. The third-order valence-corrected chi connectivity index (χ3v) is 13.9. The predicted molar refractivity (Wildman–Crippen MR) is 238 cm³/mol. The molecule has 1 fully saturated rings. The second-order valence-corrected chi connectivity index (χ2v) is 18.0. The number of carbonyl (C=O) groups is 1. The molecule has 1 aliphatic rings. The number of nitriles is 1. The summed E-state index contributed by atoms with van der Waals surface area (Å²) in [7, 11) is 1.27. The van der Waals surface area contributed by atoms with Gasteiger partial charge in [0.1, 0.15) is 29.3 Å². The maximum atomic E-state index is 13.5.